The monoisotopic (exact) mass is 369 g/mol. The van der Waals surface area contributed by atoms with Crippen molar-refractivity contribution in [3.63, 3.8) is 0 Å². The quantitative estimate of drug-likeness (QED) is 0.609. The van der Waals surface area contributed by atoms with Crippen molar-refractivity contribution >= 4 is 17.6 Å². The third kappa shape index (κ3) is 3.28. The average Bonchev–Trinajstić information content (AvgIpc) is 3.27. The minimum absolute atomic E-state index is 0.0977. The van der Waals surface area contributed by atoms with Gasteiger partial charge in [-0.3, -0.25) is 9.59 Å². The summed E-state index contributed by atoms with van der Waals surface area (Å²) in [6.07, 6.45) is 0.0977. The Kier molecular flexibility index (Phi) is 4.35. The topological polar surface area (TPSA) is 74.3 Å². The van der Waals surface area contributed by atoms with Crippen molar-refractivity contribution in [2.24, 2.45) is 5.92 Å². The summed E-state index contributed by atoms with van der Waals surface area (Å²) >= 11 is 0. The van der Waals surface area contributed by atoms with Gasteiger partial charge in [0.2, 0.25) is 12.7 Å². The largest absolute Gasteiger partial charge is 0.495 e. The number of methoxy groups -OCH3 is 1. The summed E-state index contributed by atoms with van der Waals surface area (Å²) in [4.78, 5) is 26.6. The summed E-state index contributed by atoms with van der Waals surface area (Å²) in [6, 6.07) is 10.5. The first kappa shape index (κ1) is 17.2. The van der Waals surface area contributed by atoms with Crippen LogP contribution in [0.4, 0.5) is 5.69 Å². The van der Waals surface area contributed by atoms with E-state index in [2.05, 4.69) is 0 Å². The van der Waals surface area contributed by atoms with E-state index in [1.165, 1.54) is 0 Å². The lowest BCUT2D eigenvalue weighted by molar-refractivity contribution is -0.139. The van der Waals surface area contributed by atoms with E-state index in [9.17, 15) is 9.59 Å². The first-order chi connectivity index (χ1) is 13.0. The molecule has 2 aromatic carbocycles. The van der Waals surface area contributed by atoms with Gasteiger partial charge in [-0.15, -0.1) is 0 Å². The Labute approximate surface area is 156 Å². The molecule has 2 aliphatic rings. The Hall–Kier alpha value is -3.22. The van der Waals surface area contributed by atoms with Crippen LogP contribution in [-0.4, -0.2) is 32.3 Å². The van der Waals surface area contributed by atoms with Crippen LogP contribution in [0.5, 0.6) is 23.0 Å². The highest BCUT2D eigenvalue weighted by Crippen LogP contribution is 2.37. The molecule has 0 unspecified atom stereocenters. The van der Waals surface area contributed by atoms with Crippen molar-refractivity contribution in [2.45, 2.75) is 13.3 Å². The van der Waals surface area contributed by atoms with E-state index in [0.717, 1.165) is 5.56 Å². The number of anilines is 1. The molecule has 2 heterocycles. The predicted molar refractivity (Wildman–Crippen MR) is 96.4 cm³/mol. The lowest BCUT2D eigenvalue weighted by atomic mass is 10.1. The Morgan fingerprint density at radius 1 is 1.15 bits per heavy atom. The van der Waals surface area contributed by atoms with Gasteiger partial charge >= 0.3 is 5.97 Å². The first-order valence-corrected chi connectivity index (χ1v) is 8.61. The third-order valence-electron chi connectivity index (χ3n) is 4.65. The van der Waals surface area contributed by atoms with Crippen LogP contribution in [0, 0.1) is 12.8 Å². The minimum atomic E-state index is -0.548. The first-order valence-electron chi connectivity index (χ1n) is 8.61. The average molecular weight is 369 g/mol. The molecule has 1 amide bonds. The van der Waals surface area contributed by atoms with Crippen LogP contribution in [0.1, 0.15) is 12.0 Å². The second-order valence-electron chi connectivity index (χ2n) is 6.52. The van der Waals surface area contributed by atoms with Crippen LogP contribution < -0.4 is 23.8 Å². The van der Waals surface area contributed by atoms with Crippen molar-refractivity contribution in [3.05, 3.63) is 42.0 Å². The number of amides is 1. The van der Waals surface area contributed by atoms with Gasteiger partial charge in [-0.1, -0.05) is 6.07 Å². The molecule has 0 spiro atoms. The molecule has 1 atom stereocenters. The summed E-state index contributed by atoms with van der Waals surface area (Å²) in [7, 11) is 1.56. The molecule has 2 aliphatic heterocycles. The number of esters is 1. The molecule has 0 aromatic heterocycles. The highest BCUT2D eigenvalue weighted by atomic mass is 16.7. The molecule has 140 valence electrons. The van der Waals surface area contributed by atoms with Crippen LogP contribution in [-0.2, 0) is 9.59 Å². The molecule has 7 heteroatoms. The summed E-state index contributed by atoms with van der Waals surface area (Å²) in [5, 5.41) is 0. The molecule has 7 nitrogen and oxygen atoms in total. The van der Waals surface area contributed by atoms with Crippen LogP contribution in [0.3, 0.4) is 0 Å². The van der Waals surface area contributed by atoms with Gasteiger partial charge in [0.25, 0.3) is 0 Å². The molecule has 0 radical (unpaired) electrons. The van der Waals surface area contributed by atoms with E-state index >= 15 is 0 Å². The van der Waals surface area contributed by atoms with Gasteiger partial charge in [0.15, 0.2) is 11.5 Å². The molecule has 0 aliphatic carbocycles. The van der Waals surface area contributed by atoms with Gasteiger partial charge in [-0.2, -0.15) is 0 Å². The second kappa shape index (κ2) is 6.83. The fraction of sp³-hybridized carbons (Fsp3) is 0.300. The fourth-order valence-electron chi connectivity index (χ4n) is 3.25. The molecular weight excluding hydrogens is 350 g/mol. The van der Waals surface area contributed by atoms with Gasteiger partial charge in [0.1, 0.15) is 11.5 Å². The van der Waals surface area contributed by atoms with Crippen molar-refractivity contribution in [1.29, 1.82) is 0 Å². The zero-order valence-electron chi connectivity index (χ0n) is 15.1. The number of hydrogen-bond donors (Lipinski definition) is 0. The number of ether oxygens (including phenoxy) is 4. The smallest absolute Gasteiger partial charge is 0.316 e. The molecular formula is C20H19NO6. The highest BCUT2D eigenvalue weighted by molar-refractivity contribution is 6.00. The SMILES string of the molecule is COc1ccc(C)cc1N1C[C@H](C(=O)Oc2ccc3c(c2)OCO3)CC1=O. The lowest BCUT2D eigenvalue weighted by Crippen LogP contribution is -2.27. The standard InChI is InChI=1S/C20H19NO6/c1-12-3-5-16(24-2)15(7-12)21-10-13(8-19(21)22)20(23)27-14-4-6-17-18(9-14)26-11-25-17/h3-7,9,13H,8,10-11H2,1-2H3/t13-/m1/s1. The zero-order valence-corrected chi connectivity index (χ0v) is 15.1. The maximum absolute atomic E-state index is 12.6. The van der Waals surface area contributed by atoms with Crippen LogP contribution in [0.15, 0.2) is 36.4 Å². The summed E-state index contributed by atoms with van der Waals surface area (Å²) in [5.41, 5.74) is 1.67. The van der Waals surface area contributed by atoms with E-state index in [-0.39, 0.29) is 25.7 Å². The van der Waals surface area contributed by atoms with Gasteiger partial charge < -0.3 is 23.8 Å². The molecule has 4 rings (SSSR count). The Balaban J connectivity index is 1.49. The Bertz CT molecular complexity index is 909. The Morgan fingerprint density at radius 2 is 1.96 bits per heavy atom. The van der Waals surface area contributed by atoms with Gasteiger partial charge in [0.05, 0.1) is 18.7 Å². The minimum Gasteiger partial charge on any atom is -0.495 e. The van der Waals surface area contributed by atoms with E-state index in [0.29, 0.717) is 28.7 Å². The van der Waals surface area contributed by atoms with E-state index in [4.69, 9.17) is 18.9 Å². The maximum atomic E-state index is 12.6. The number of benzene rings is 2. The summed E-state index contributed by atoms with van der Waals surface area (Å²) in [6.45, 7) is 2.34. The number of carbonyl (C=O) groups is 2. The van der Waals surface area contributed by atoms with Gasteiger partial charge in [-0.05, 0) is 36.8 Å². The van der Waals surface area contributed by atoms with Crippen molar-refractivity contribution < 1.29 is 28.5 Å². The van der Waals surface area contributed by atoms with Crippen molar-refractivity contribution in [3.8, 4) is 23.0 Å². The molecule has 0 saturated carbocycles. The van der Waals surface area contributed by atoms with Crippen molar-refractivity contribution in [2.75, 3.05) is 25.3 Å². The summed E-state index contributed by atoms with van der Waals surface area (Å²) in [5.74, 6) is 0.982. The number of hydrogen-bond acceptors (Lipinski definition) is 6. The van der Waals surface area contributed by atoms with Crippen LogP contribution >= 0.6 is 0 Å². The Morgan fingerprint density at radius 3 is 2.78 bits per heavy atom. The van der Waals surface area contributed by atoms with Crippen LogP contribution in [0.25, 0.3) is 0 Å². The van der Waals surface area contributed by atoms with E-state index in [1.54, 1.807) is 30.2 Å². The van der Waals surface area contributed by atoms with Gasteiger partial charge in [0, 0.05) is 19.0 Å². The number of carbonyl (C=O) groups excluding carboxylic acids is 2. The molecule has 27 heavy (non-hydrogen) atoms. The molecule has 1 saturated heterocycles. The maximum Gasteiger partial charge on any atom is 0.316 e. The number of nitrogens with zero attached hydrogens (tertiary/aromatic N) is 1. The zero-order chi connectivity index (χ0) is 19.0. The number of fused-ring (bicyclic) bond motifs is 1. The molecule has 0 bridgehead atoms. The number of rotatable bonds is 4. The third-order valence-corrected chi connectivity index (χ3v) is 4.65. The molecule has 2 aromatic rings. The van der Waals surface area contributed by atoms with E-state index < -0.39 is 11.9 Å². The van der Waals surface area contributed by atoms with E-state index in [1.807, 2.05) is 25.1 Å². The molecule has 1 fully saturated rings. The fourth-order valence-corrected chi connectivity index (χ4v) is 3.25. The highest BCUT2D eigenvalue weighted by Gasteiger charge is 2.37. The second-order valence-corrected chi connectivity index (χ2v) is 6.52. The molecule has 0 N–H and O–H groups in total. The number of aryl methyl sites for hydroxylation is 1. The summed E-state index contributed by atoms with van der Waals surface area (Å²) < 4.78 is 21.3. The van der Waals surface area contributed by atoms with Gasteiger partial charge in [-0.25, -0.2) is 0 Å². The predicted octanol–water partition coefficient (Wildman–Crippen LogP) is 2.69. The van der Waals surface area contributed by atoms with Crippen molar-refractivity contribution in [1.82, 2.24) is 0 Å². The lowest BCUT2D eigenvalue weighted by Gasteiger charge is -2.20. The van der Waals surface area contributed by atoms with Crippen LogP contribution in [0.2, 0.25) is 0 Å². The normalized spacial score (nSPS) is 17.9.